The molecular formula is C28H29FO5S. The zero-order chi connectivity index (χ0) is 24.4. The molecule has 1 unspecified atom stereocenters. The summed E-state index contributed by atoms with van der Waals surface area (Å²) in [7, 11) is -2.99. The maximum atomic E-state index is 14.8. The molecule has 184 valence electrons. The van der Waals surface area contributed by atoms with Gasteiger partial charge in [0.2, 0.25) is 0 Å². The standard InChI is InChI=1S/C28H29FO5S/c1-35(30,31)18-2-17-32-21-9-11-23(12-10-21)33-26-16-14-25(29)28-24(26)13-15-27(28)34-22-7-5-20(6-8-22)19-3-4-19/h5-12,14,16,19,27H,2-4,13,15,17-18H2,1H3. The Morgan fingerprint density at radius 1 is 0.886 bits per heavy atom. The SMILES string of the molecule is CS(=O)(=O)CCCOc1ccc(Oc2ccc(F)c3c2CCC3Oc2ccc(C3CC3)cc2)cc1. The molecule has 0 aliphatic heterocycles. The number of halogens is 1. The van der Waals surface area contributed by atoms with E-state index < -0.39 is 9.84 Å². The van der Waals surface area contributed by atoms with Gasteiger partial charge in [-0.15, -0.1) is 0 Å². The van der Waals surface area contributed by atoms with Gasteiger partial charge in [-0.1, -0.05) is 12.1 Å². The summed E-state index contributed by atoms with van der Waals surface area (Å²) in [6.07, 6.45) is 5.18. The minimum Gasteiger partial charge on any atom is -0.494 e. The topological polar surface area (TPSA) is 61.8 Å². The highest BCUT2D eigenvalue weighted by Crippen LogP contribution is 2.44. The molecule has 0 radical (unpaired) electrons. The quantitative estimate of drug-likeness (QED) is 0.305. The first-order valence-electron chi connectivity index (χ1n) is 12.0. The second kappa shape index (κ2) is 9.90. The van der Waals surface area contributed by atoms with Gasteiger partial charge >= 0.3 is 0 Å². The summed E-state index contributed by atoms with van der Waals surface area (Å²) in [4.78, 5) is 0. The highest BCUT2D eigenvalue weighted by molar-refractivity contribution is 7.90. The van der Waals surface area contributed by atoms with E-state index in [1.807, 2.05) is 12.1 Å². The molecule has 0 bridgehead atoms. The van der Waals surface area contributed by atoms with Crippen LogP contribution >= 0.6 is 0 Å². The Labute approximate surface area is 205 Å². The average molecular weight is 497 g/mol. The molecule has 2 aliphatic carbocycles. The molecule has 0 aromatic heterocycles. The van der Waals surface area contributed by atoms with Crippen molar-refractivity contribution in [3.05, 3.63) is 83.2 Å². The largest absolute Gasteiger partial charge is 0.494 e. The third kappa shape index (κ3) is 5.96. The molecule has 2 aliphatic rings. The van der Waals surface area contributed by atoms with Gasteiger partial charge in [0.25, 0.3) is 0 Å². The van der Waals surface area contributed by atoms with Crippen LogP contribution < -0.4 is 14.2 Å². The lowest BCUT2D eigenvalue weighted by atomic mass is 10.1. The van der Waals surface area contributed by atoms with Gasteiger partial charge < -0.3 is 14.2 Å². The molecule has 5 nitrogen and oxygen atoms in total. The molecule has 7 heteroatoms. The zero-order valence-electron chi connectivity index (χ0n) is 19.7. The van der Waals surface area contributed by atoms with Crippen LogP contribution in [0, 0.1) is 5.82 Å². The van der Waals surface area contributed by atoms with E-state index in [1.54, 1.807) is 30.3 Å². The van der Waals surface area contributed by atoms with Gasteiger partial charge in [0.1, 0.15) is 44.8 Å². The van der Waals surface area contributed by atoms with Gasteiger partial charge in [0.15, 0.2) is 0 Å². The fraction of sp³-hybridized carbons (Fsp3) is 0.357. The summed E-state index contributed by atoms with van der Waals surface area (Å²) < 4.78 is 55.1. The van der Waals surface area contributed by atoms with Crippen LogP contribution in [0.2, 0.25) is 0 Å². The molecular weight excluding hydrogens is 467 g/mol. The molecule has 0 saturated heterocycles. The minimum absolute atomic E-state index is 0.0976. The highest BCUT2D eigenvalue weighted by atomic mass is 32.2. The van der Waals surface area contributed by atoms with Crippen LogP contribution in [0.5, 0.6) is 23.0 Å². The summed E-state index contributed by atoms with van der Waals surface area (Å²) in [6, 6.07) is 18.4. The molecule has 0 spiro atoms. The summed E-state index contributed by atoms with van der Waals surface area (Å²) in [5.74, 6) is 3.14. The number of hydrogen-bond donors (Lipinski definition) is 0. The molecule has 0 N–H and O–H groups in total. The van der Waals surface area contributed by atoms with E-state index in [0.717, 1.165) is 11.3 Å². The summed E-state index contributed by atoms with van der Waals surface area (Å²) in [6.45, 7) is 0.323. The summed E-state index contributed by atoms with van der Waals surface area (Å²) in [5, 5.41) is 0. The maximum Gasteiger partial charge on any atom is 0.147 e. The van der Waals surface area contributed by atoms with Crippen molar-refractivity contribution in [3.63, 3.8) is 0 Å². The second-order valence-corrected chi connectivity index (χ2v) is 11.6. The third-order valence-corrected chi connectivity index (χ3v) is 7.46. The minimum atomic E-state index is -2.99. The first-order chi connectivity index (χ1) is 16.9. The molecule has 3 aromatic rings. The molecule has 1 atom stereocenters. The highest BCUT2D eigenvalue weighted by Gasteiger charge is 2.31. The average Bonchev–Trinajstić information content (AvgIpc) is 3.60. The van der Waals surface area contributed by atoms with Crippen LogP contribution in [-0.4, -0.2) is 27.0 Å². The summed E-state index contributed by atoms with van der Waals surface area (Å²) >= 11 is 0. The molecule has 5 rings (SSSR count). The van der Waals surface area contributed by atoms with E-state index >= 15 is 0 Å². The Balaban J connectivity index is 1.23. The van der Waals surface area contributed by atoms with Crippen molar-refractivity contribution in [3.8, 4) is 23.0 Å². The third-order valence-electron chi connectivity index (χ3n) is 6.43. The Morgan fingerprint density at radius 2 is 1.57 bits per heavy atom. The molecule has 1 fully saturated rings. The number of sulfone groups is 1. The van der Waals surface area contributed by atoms with Crippen molar-refractivity contribution in [2.75, 3.05) is 18.6 Å². The molecule has 3 aromatic carbocycles. The van der Waals surface area contributed by atoms with Gasteiger partial charge in [-0.25, -0.2) is 12.8 Å². The van der Waals surface area contributed by atoms with Gasteiger partial charge in [-0.2, -0.15) is 0 Å². The van der Waals surface area contributed by atoms with Gasteiger partial charge in [-0.05, 0) is 92.1 Å². The monoisotopic (exact) mass is 496 g/mol. The van der Waals surface area contributed by atoms with E-state index in [-0.39, 0.29) is 17.7 Å². The molecule has 1 saturated carbocycles. The van der Waals surface area contributed by atoms with Crippen molar-refractivity contribution in [1.29, 1.82) is 0 Å². The molecule has 0 amide bonds. The van der Waals surface area contributed by atoms with Gasteiger partial charge in [0, 0.05) is 17.4 Å². The first kappa shape index (κ1) is 23.7. The number of rotatable bonds is 10. The van der Waals surface area contributed by atoms with E-state index in [4.69, 9.17) is 14.2 Å². The van der Waals surface area contributed by atoms with Gasteiger partial charge in [0.05, 0.1) is 12.4 Å². The van der Waals surface area contributed by atoms with Crippen molar-refractivity contribution >= 4 is 9.84 Å². The number of ether oxygens (including phenoxy) is 3. The van der Waals surface area contributed by atoms with Crippen molar-refractivity contribution < 1.29 is 27.0 Å². The molecule has 0 heterocycles. The van der Waals surface area contributed by atoms with Crippen LogP contribution in [0.1, 0.15) is 54.4 Å². The lowest BCUT2D eigenvalue weighted by molar-refractivity contribution is 0.203. The van der Waals surface area contributed by atoms with E-state index in [1.165, 1.54) is 30.7 Å². The normalized spacial score (nSPS) is 17.1. The Morgan fingerprint density at radius 3 is 2.26 bits per heavy atom. The van der Waals surface area contributed by atoms with E-state index in [9.17, 15) is 12.8 Å². The predicted octanol–water partition coefficient (Wildman–Crippen LogP) is 6.38. The van der Waals surface area contributed by atoms with Crippen molar-refractivity contribution in [1.82, 2.24) is 0 Å². The number of benzene rings is 3. The Hall–Kier alpha value is -3.06. The maximum absolute atomic E-state index is 14.8. The van der Waals surface area contributed by atoms with E-state index in [2.05, 4.69) is 12.1 Å². The lowest BCUT2D eigenvalue weighted by Gasteiger charge is -2.17. The Kier molecular flexibility index (Phi) is 6.69. The summed E-state index contributed by atoms with van der Waals surface area (Å²) in [5.41, 5.74) is 2.75. The molecule has 35 heavy (non-hydrogen) atoms. The van der Waals surface area contributed by atoms with Crippen LogP contribution in [0.15, 0.2) is 60.7 Å². The second-order valence-electron chi connectivity index (χ2n) is 9.33. The predicted molar refractivity (Wildman–Crippen MR) is 133 cm³/mol. The van der Waals surface area contributed by atoms with Gasteiger partial charge in [-0.3, -0.25) is 0 Å². The van der Waals surface area contributed by atoms with Crippen LogP contribution in [0.25, 0.3) is 0 Å². The van der Waals surface area contributed by atoms with Crippen LogP contribution in [-0.2, 0) is 16.3 Å². The lowest BCUT2D eigenvalue weighted by Crippen LogP contribution is -2.07. The smallest absolute Gasteiger partial charge is 0.147 e. The van der Waals surface area contributed by atoms with E-state index in [0.29, 0.717) is 54.6 Å². The fourth-order valence-electron chi connectivity index (χ4n) is 4.50. The zero-order valence-corrected chi connectivity index (χ0v) is 20.5. The van der Waals surface area contributed by atoms with Crippen LogP contribution in [0.4, 0.5) is 4.39 Å². The number of hydrogen-bond acceptors (Lipinski definition) is 5. The van der Waals surface area contributed by atoms with Crippen molar-refractivity contribution in [2.24, 2.45) is 0 Å². The van der Waals surface area contributed by atoms with Crippen molar-refractivity contribution in [2.45, 2.75) is 44.1 Å². The fourth-order valence-corrected chi connectivity index (χ4v) is 5.14. The first-order valence-corrected chi connectivity index (χ1v) is 14.1. The number of fused-ring (bicyclic) bond motifs is 1. The van der Waals surface area contributed by atoms with Crippen LogP contribution in [0.3, 0.4) is 0 Å². The Bertz CT molecular complexity index is 1280.